The highest BCUT2D eigenvalue weighted by Crippen LogP contribution is 2.33. The van der Waals surface area contributed by atoms with Gasteiger partial charge in [0.25, 0.3) is 0 Å². The van der Waals surface area contributed by atoms with Gasteiger partial charge in [0.2, 0.25) is 11.8 Å². The molecule has 1 aliphatic heterocycles. The van der Waals surface area contributed by atoms with Gasteiger partial charge in [-0.05, 0) is 31.9 Å². The van der Waals surface area contributed by atoms with E-state index in [0.29, 0.717) is 12.2 Å². The second kappa shape index (κ2) is 7.72. The van der Waals surface area contributed by atoms with E-state index in [1.54, 1.807) is 4.90 Å². The molecule has 26 heavy (non-hydrogen) atoms. The third-order valence-electron chi connectivity index (χ3n) is 4.68. The van der Waals surface area contributed by atoms with E-state index in [4.69, 9.17) is 4.52 Å². The fraction of sp³-hybridized carbons (Fsp3) is 0.450. The molecular formula is C20H25N3O3. The smallest absolute Gasteiger partial charge is 0.233 e. The van der Waals surface area contributed by atoms with Crippen molar-refractivity contribution in [3.8, 4) is 0 Å². The Hall–Kier alpha value is -2.63. The Morgan fingerprint density at radius 1 is 1.31 bits per heavy atom. The zero-order valence-electron chi connectivity index (χ0n) is 15.5. The Labute approximate surface area is 153 Å². The van der Waals surface area contributed by atoms with Crippen molar-refractivity contribution in [2.75, 3.05) is 11.9 Å². The fourth-order valence-corrected chi connectivity index (χ4v) is 3.19. The molecule has 0 radical (unpaired) electrons. The number of likely N-dealkylation sites (tertiary alicyclic amines) is 1. The summed E-state index contributed by atoms with van der Waals surface area (Å²) in [4.78, 5) is 26.6. The molecule has 1 fully saturated rings. The molecule has 1 aliphatic rings. The van der Waals surface area contributed by atoms with Gasteiger partial charge in [-0.25, -0.2) is 0 Å². The molecule has 1 aromatic heterocycles. The summed E-state index contributed by atoms with van der Waals surface area (Å²) < 4.78 is 5.37. The van der Waals surface area contributed by atoms with Crippen molar-refractivity contribution < 1.29 is 14.1 Å². The third kappa shape index (κ3) is 4.12. The predicted molar refractivity (Wildman–Crippen MR) is 98.7 cm³/mol. The molecule has 1 saturated heterocycles. The number of hydrogen-bond acceptors (Lipinski definition) is 4. The second-order valence-electron chi connectivity index (χ2n) is 7.14. The monoisotopic (exact) mass is 355 g/mol. The lowest BCUT2D eigenvalue weighted by Crippen LogP contribution is -2.33. The molecule has 6 heteroatoms. The summed E-state index contributed by atoms with van der Waals surface area (Å²) in [6.45, 7) is 6.71. The summed E-state index contributed by atoms with van der Waals surface area (Å²) >= 11 is 0. The van der Waals surface area contributed by atoms with Crippen molar-refractivity contribution in [2.45, 2.75) is 52.0 Å². The van der Waals surface area contributed by atoms with Crippen LogP contribution in [0.4, 0.5) is 5.69 Å². The first-order valence-electron chi connectivity index (χ1n) is 9.06. The number of aryl methyl sites for hydroxylation is 1. The van der Waals surface area contributed by atoms with Crippen molar-refractivity contribution in [2.24, 2.45) is 0 Å². The van der Waals surface area contributed by atoms with E-state index in [1.165, 1.54) is 0 Å². The maximum Gasteiger partial charge on any atom is 0.233 e. The van der Waals surface area contributed by atoms with Crippen LogP contribution in [0.25, 0.3) is 0 Å². The highest BCUT2D eigenvalue weighted by atomic mass is 16.5. The summed E-state index contributed by atoms with van der Waals surface area (Å²) in [6.07, 6.45) is 1.58. The Morgan fingerprint density at radius 2 is 2.04 bits per heavy atom. The summed E-state index contributed by atoms with van der Waals surface area (Å²) in [5, 5.41) is 6.91. The topological polar surface area (TPSA) is 75.4 Å². The molecule has 0 saturated carbocycles. The highest BCUT2D eigenvalue weighted by molar-refractivity contribution is 6.03. The highest BCUT2D eigenvalue weighted by Gasteiger charge is 2.33. The van der Waals surface area contributed by atoms with Gasteiger partial charge in [-0.3, -0.25) is 9.59 Å². The number of nitrogens with one attached hydrogen (secondary N) is 1. The number of anilines is 1. The van der Waals surface area contributed by atoms with Crippen LogP contribution in [0.1, 0.15) is 62.1 Å². The van der Waals surface area contributed by atoms with Crippen LogP contribution >= 0.6 is 0 Å². The van der Waals surface area contributed by atoms with Crippen LogP contribution < -0.4 is 5.32 Å². The molecule has 2 aromatic rings. The van der Waals surface area contributed by atoms with Gasteiger partial charge in [0.15, 0.2) is 0 Å². The molecule has 0 aliphatic carbocycles. The minimum absolute atomic E-state index is 0.106. The van der Waals surface area contributed by atoms with Gasteiger partial charge in [-0.2, -0.15) is 0 Å². The van der Waals surface area contributed by atoms with Crippen LogP contribution in [0.3, 0.4) is 0 Å². The van der Waals surface area contributed by atoms with E-state index in [9.17, 15) is 9.59 Å². The van der Waals surface area contributed by atoms with Crippen LogP contribution in [0.5, 0.6) is 0 Å². The van der Waals surface area contributed by atoms with Crippen molar-refractivity contribution in [3.63, 3.8) is 0 Å². The Kier molecular flexibility index (Phi) is 5.40. The van der Waals surface area contributed by atoms with Gasteiger partial charge in [0.05, 0.1) is 6.04 Å². The summed E-state index contributed by atoms with van der Waals surface area (Å²) in [6, 6.07) is 9.33. The first kappa shape index (κ1) is 18.2. The molecule has 0 unspecified atom stereocenters. The number of nitrogens with zero attached hydrogens (tertiary/aromatic N) is 2. The van der Waals surface area contributed by atoms with Gasteiger partial charge in [0, 0.05) is 24.2 Å². The molecule has 2 heterocycles. The van der Waals surface area contributed by atoms with Crippen LogP contribution in [-0.2, 0) is 9.59 Å². The summed E-state index contributed by atoms with van der Waals surface area (Å²) in [7, 11) is 0. The molecule has 6 nitrogen and oxygen atoms in total. The average Bonchev–Trinajstić information content (AvgIpc) is 3.25. The van der Waals surface area contributed by atoms with Crippen LogP contribution in [0.2, 0.25) is 0 Å². The number of aromatic nitrogens is 1. The van der Waals surface area contributed by atoms with Crippen molar-refractivity contribution in [1.82, 2.24) is 10.1 Å². The lowest BCUT2D eigenvalue weighted by Gasteiger charge is -2.22. The summed E-state index contributed by atoms with van der Waals surface area (Å²) in [5.41, 5.74) is 2.59. The normalized spacial score (nSPS) is 16.9. The molecule has 0 bridgehead atoms. The van der Waals surface area contributed by atoms with Crippen LogP contribution in [-0.4, -0.2) is 28.4 Å². The molecule has 0 spiro atoms. The first-order chi connectivity index (χ1) is 12.4. The minimum Gasteiger partial charge on any atom is -0.361 e. The number of amides is 2. The van der Waals surface area contributed by atoms with Gasteiger partial charge >= 0.3 is 0 Å². The van der Waals surface area contributed by atoms with E-state index in [-0.39, 0.29) is 30.2 Å². The van der Waals surface area contributed by atoms with Crippen molar-refractivity contribution >= 4 is 17.5 Å². The fourth-order valence-electron chi connectivity index (χ4n) is 3.19. The van der Waals surface area contributed by atoms with E-state index in [1.807, 2.05) is 51.1 Å². The molecule has 3 rings (SSSR count). The third-order valence-corrected chi connectivity index (χ3v) is 4.68. The maximum absolute atomic E-state index is 12.6. The minimum atomic E-state index is -0.299. The van der Waals surface area contributed by atoms with Crippen LogP contribution in [0, 0.1) is 6.92 Å². The Bertz CT molecular complexity index is 780. The average molecular weight is 355 g/mol. The predicted octanol–water partition coefficient (Wildman–Crippen LogP) is 3.80. The molecule has 1 N–H and O–H groups in total. The summed E-state index contributed by atoms with van der Waals surface area (Å²) in [5.74, 6) is 0.595. The number of rotatable bonds is 5. The molecule has 138 valence electrons. The van der Waals surface area contributed by atoms with Crippen molar-refractivity contribution in [3.05, 3.63) is 47.3 Å². The second-order valence-corrected chi connectivity index (χ2v) is 7.14. The maximum atomic E-state index is 12.6. The number of hydrogen-bond donors (Lipinski definition) is 1. The molecular weight excluding hydrogens is 330 g/mol. The molecule has 1 aromatic carbocycles. The number of benzene rings is 1. The van der Waals surface area contributed by atoms with Gasteiger partial charge < -0.3 is 14.7 Å². The Balaban J connectivity index is 1.62. The lowest BCUT2D eigenvalue weighted by molar-refractivity contribution is -0.135. The SMILES string of the molecule is Cc1ccc(NC(=O)CC(=O)N2CCC[C@@H]2c2cc(C(C)C)on2)cc1. The Morgan fingerprint density at radius 3 is 2.69 bits per heavy atom. The van der Waals surface area contributed by atoms with E-state index < -0.39 is 0 Å². The zero-order valence-corrected chi connectivity index (χ0v) is 15.5. The number of carbonyl (C=O) groups is 2. The van der Waals surface area contributed by atoms with Gasteiger partial charge in [0.1, 0.15) is 17.9 Å². The van der Waals surface area contributed by atoms with E-state index in [0.717, 1.165) is 29.9 Å². The van der Waals surface area contributed by atoms with Gasteiger partial charge in [-0.1, -0.05) is 36.7 Å². The van der Waals surface area contributed by atoms with Gasteiger partial charge in [-0.15, -0.1) is 0 Å². The number of carbonyl (C=O) groups excluding carboxylic acids is 2. The first-order valence-corrected chi connectivity index (χ1v) is 9.06. The van der Waals surface area contributed by atoms with E-state index in [2.05, 4.69) is 10.5 Å². The molecule has 2 amide bonds. The molecule has 1 atom stereocenters. The lowest BCUT2D eigenvalue weighted by atomic mass is 10.1. The largest absolute Gasteiger partial charge is 0.361 e. The standard InChI is InChI=1S/C20H25N3O3/c1-13(2)18-11-16(22-26-18)17-5-4-10-23(17)20(25)12-19(24)21-15-8-6-14(3)7-9-15/h6-9,11,13,17H,4-5,10,12H2,1-3H3,(H,21,24)/t17-/m1/s1. The van der Waals surface area contributed by atoms with E-state index >= 15 is 0 Å². The zero-order chi connectivity index (χ0) is 18.7. The van der Waals surface area contributed by atoms with Crippen molar-refractivity contribution in [1.29, 1.82) is 0 Å². The van der Waals surface area contributed by atoms with Crippen LogP contribution in [0.15, 0.2) is 34.9 Å². The quantitative estimate of drug-likeness (QED) is 0.828.